The number of amides is 1. The maximum atomic E-state index is 12.2. The van der Waals surface area contributed by atoms with Crippen molar-refractivity contribution in [3.8, 4) is 0 Å². The minimum atomic E-state index is 0.0308. The molecule has 0 saturated heterocycles. The zero-order valence-corrected chi connectivity index (χ0v) is 13.2. The molecular formula is C19H23NO. The molecular weight excluding hydrogens is 258 g/mol. The lowest BCUT2D eigenvalue weighted by Crippen LogP contribution is -2.28. The van der Waals surface area contributed by atoms with Crippen LogP contribution >= 0.6 is 0 Å². The quantitative estimate of drug-likeness (QED) is 0.900. The summed E-state index contributed by atoms with van der Waals surface area (Å²) in [5.74, 6) is 0.0665. The SMILES string of the molecule is Cc1ccc([C@@H](C)NC(=O)Cc2cc(C)ccc2C)cc1. The highest BCUT2D eigenvalue weighted by Gasteiger charge is 2.11. The lowest BCUT2D eigenvalue weighted by Gasteiger charge is -2.15. The monoisotopic (exact) mass is 281 g/mol. The Bertz CT molecular complexity index is 629. The molecule has 1 amide bonds. The van der Waals surface area contributed by atoms with Crippen molar-refractivity contribution in [1.29, 1.82) is 0 Å². The Hall–Kier alpha value is -2.09. The molecule has 0 heterocycles. The molecule has 0 saturated carbocycles. The summed E-state index contributed by atoms with van der Waals surface area (Å²) in [7, 11) is 0. The molecule has 0 spiro atoms. The Balaban J connectivity index is 2.01. The van der Waals surface area contributed by atoms with Gasteiger partial charge in [0.1, 0.15) is 0 Å². The fraction of sp³-hybridized carbons (Fsp3) is 0.316. The molecule has 0 unspecified atom stereocenters. The minimum absolute atomic E-state index is 0.0308. The van der Waals surface area contributed by atoms with E-state index in [2.05, 4.69) is 61.6 Å². The van der Waals surface area contributed by atoms with Crippen LogP contribution in [0.15, 0.2) is 42.5 Å². The van der Waals surface area contributed by atoms with E-state index >= 15 is 0 Å². The van der Waals surface area contributed by atoms with Crippen LogP contribution in [-0.4, -0.2) is 5.91 Å². The molecule has 2 heteroatoms. The molecule has 0 aliphatic heterocycles. The van der Waals surface area contributed by atoms with Gasteiger partial charge in [-0.1, -0.05) is 53.6 Å². The number of aryl methyl sites for hydroxylation is 3. The maximum Gasteiger partial charge on any atom is 0.224 e. The first-order valence-electron chi connectivity index (χ1n) is 7.38. The van der Waals surface area contributed by atoms with E-state index in [4.69, 9.17) is 0 Å². The molecule has 0 aliphatic carbocycles. The van der Waals surface area contributed by atoms with Gasteiger partial charge in [0, 0.05) is 0 Å². The van der Waals surface area contributed by atoms with E-state index in [1.54, 1.807) is 0 Å². The third-order valence-electron chi connectivity index (χ3n) is 3.81. The Labute approximate surface area is 127 Å². The summed E-state index contributed by atoms with van der Waals surface area (Å²) in [6.07, 6.45) is 0.434. The van der Waals surface area contributed by atoms with Crippen molar-refractivity contribution in [2.45, 2.75) is 40.2 Å². The van der Waals surface area contributed by atoms with Gasteiger partial charge in [0.15, 0.2) is 0 Å². The second-order valence-electron chi connectivity index (χ2n) is 5.81. The van der Waals surface area contributed by atoms with E-state index in [0.717, 1.165) is 11.1 Å². The lowest BCUT2D eigenvalue weighted by atomic mass is 10.0. The standard InChI is InChI=1S/C19H23NO/c1-13-6-9-17(10-7-13)16(4)20-19(21)12-18-11-14(2)5-8-15(18)3/h5-11,16H,12H2,1-4H3,(H,20,21)/t16-/m1/s1. The Morgan fingerprint density at radius 2 is 1.62 bits per heavy atom. The number of benzene rings is 2. The molecule has 0 bridgehead atoms. The van der Waals surface area contributed by atoms with Crippen LogP contribution in [0.25, 0.3) is 0 Å². The van der Waals surface area contributed by atoms with Gasteiger partial charge in [-0.05, 0) is 44.4 Å². The topological polar surface area (TPSA) is 29.1 Å². The van der Waals surface area contributed by atoms with Gasteiger partial charge < -0.3 is 5.32 Å². The van der Waals surface area contributed by atoms with Crippen LogP contribution < -0.4 is 5.32 Å². The van der Waals surface area contributed by atoms with Crippen molar-refractivity contribution in [2.75, 3.05) is 0 Å². The van der Waals surface area contributed by atoms with Crippen molar-refractivity contribution in [3.63, 3.8) is 0 Å². The molecule has 2 aromatic carbocycles. The molecule has 0 fully saturated rings. The van der Waals surface area contributed by atoms with Crippen LogP contribution in [0.2, 0.25) is 0 Å². The molecule has 21 heavy (non-hydrogen) atoms. The van der Waals surface area contributed by atoms with Crippen molar-refractivity contribution in [2.24, 2.45) is 0 Å². The summed E-state index contributed by atoms with van der Waals surface area (Å²) in [5, 5.41) is 3.07. The van der Waals surface area contributed by atoms with Gasteiger partial charge in [-0.25, -0.2) is 0 Å². The van der Waals surface area contributed by atoms with E-state index in [1.165, 1.54) is 16.7 Å². The van der Waals surface area contributed by atoms with E-state index < -0.39 is 0 Å². The van der Waals surface area contributed by atoms with Gasteiger partial charge in [-0.2, -0.15) is 0 Å². The van der Waals surface area contributed by atoms with Gasteiger partial charge >= 0.3 is 0 Å². The smallest absolute Gasteiger partial charge is 0.224 e. The number of rotatable bonds is 4. The third-order valence-corrected chi connectivity index (χ3v) is 3.81. The summed E-state index contributed by atoms with van der Waals surface area (Å²) in [6.45, 7) is 8.18. The highest BCUT2D eigenvalue weighted by Crippen LogP contribution is 2.15. The van der Waals surface area contributed by atoms with Gasteiger partial charge in [0.05, 0.1) is 12.5 Å². The van der Waals surface area contributed by atoms with Crippen LogP contribution in [0.4, 0.5) is 0 Å². The second kappa shape index (κ2) is 6.57. The maximum absolute atomic E-state index is 12.2. The Morgan fingerprint density at radius 1 is 1.00 bits per heavy atom. The van der Waals surface area contributed by atoms with Crippen molar-refractivity contribution in [1.82, 2.24) is 5.32 Å². The highest BCUT2D eigenvalue weighted by molar-refractivity contribution is 5.79. The fourth-order valence-electron chi connectivity index (χ4n) is 2.39. The van der Waals surface area contributed by atoms with Crippen LogP contribution in [0.5, 0.6) is 0 Å². The number of nitrogens with one attached hydrogen (secondary N) is 1. The summed E-state index contributed by atoms with van der Waals surface area (Å²) in [5.41, 5.74) is 5.82. The highest BCUT2D eigenvalue weighted by atomic mass is 16.1. The fourth-order valence-corrected chi connectivity index (χ4v) is 2.39. The Kier molecular flexibility index (Phi) is 4.79. The second-order valence-corrected chi connectivity index (χ2v) is 5.81. The zero-order chi connectivity index (χ0) is 15.4. The molecule has 0 aromatic heterocycles. The van der Waals surface area contributed by atoms with Gasteiger partial charge in [-0.3, -0.25) is 4.79 Å². The van der Waals surface area contributed by atoms with Crippen LogP contribution in [0, 0.1) is 20.8 Å². The molecule has 110 valence electrons. The van der Waals surface area contributed by atoms with Crippen molar-refractivity contribution < 1.29 is 4.79 Å². The van der Waals surface area contributed by atoms with E-state index in [1.807, 2.05) is 13.8 Å². The first-order chi connectivity index (χ1) is 9.95. The summed E-state index contributed by atoms with van der Waals surface area (Å²) in [6, 6.07) is 14.5. The summed E-state index contributed by atoms with van der Waals surface area (Å²) < 4.78 is 0. The number of hydrogen-bond donors (Lipinski definition) is 1. The normalized spacial score (nSPS) is 12.0. The van der Waals surface area contributed by atoms with E-state index in [0.29, 0.717) is 6.42 Å². The van der Waals surface area contributed by atoms with Crippen LogP contribution in [-0.2, 0) is 11.2 Å². The van der Waals surface area contributed by atoms with E-state index in [9.17, 15) is 4.79 Å². The lowest BCUT2D eigenvalue weighted by molar-refractivity contribution is -0.121. The molecule has 0 aliphatic rings. The molecule has 2 nitrogen and oxygen atoms in total. The van der Waals surface area contributed by atoms with Crippen molar-refractivity contribution >= 4 is 5.91 Å². The van der Waals surface area contributed by atoms with Gasteiger partial charge in [0.2, 0.25) is 5.91 Å². The summed E-state index contributed by atoms with van der Waals surface area (Å²) >= 11 is 0. The van der Waals surface area contributed by atoms with Crippen LogP contribution in [0.1, 0.15) is 40.8 Å². The number of hydrogen-bond acceptors (Lipinski definition) is 1. The third kappa shape index (κ3) is 4.19. The largest absolute Gasteiger partial charge is 0.349 e. The molecule has 2 aromatic rings. The Morgan fingerprint density at radius 3 is 2.29 bits per heavy atom. The first-order valence-corrected chi connectivity index (χ1v) is 7.38. The average Bonchev–Trinajstić information content (AvgIpc) is 2.43. The van der Waals surface area contributed by atoms with Gasteiger partial charge in [0.25, 0.3) is 0 Å². The molecule has 1 N–H and O–H groups in total. The predicted molar refractivity (Wildman–Crippen MR) is 87.4 cm³/mol. The zero-order valence-electron chi connectivity index (χ0n) is 13.2. The van der Waals surface area contributed by atoms with E-state index in [-0.39, 0.29) is 11.9 Å². The molecule has 2 rings (SSSR count). The van der Waals surface area contributed by atoms with Gasteiger partial charge in [-0.15, -0.1) is 0 Å². The first kappa shape index (κ1) is 15.3. The van der Waals surface area contributed by atoms with Crippen molar-refractivity contribution in [3.05, 3.63) is 70.3 Å². The summed E-state index contributed by atoms with van der Waals surface area (Å²) in [4.78, 5) is 12.2. The number of carbonyl (C=O) groups is 1. The predicted octanol–water partition coefficient (Wildman–Crippen LogP) is 4.03. The number of carbonyl (C=O) groups excluding carboxylic acids is 1. The minimum Gasteiger partial charge on any atom is -0.349 e. The van der Waals surface area contributed by atoms with Crippen LogP contribution in [0.3, 0.4) is 0 Å². The molecule has 1 atom stereocenters. The average molecular weight is 281 g/mol. The molecule has 0 radical (unpaired) electrons.